The Morgan fingerprint density at radius 2 is 1.29 bits per heavy atom. The van der Waals surface area contributed by atoms with Crippen LogP contribution in [0.5, 0.6) is 0 Å². The van der Waals surface area contributed by atoms with Crippen molar-refractivity contribution in [3.05, 3.63) is 6.42 Å². The van der Waals surface area contributed by atoms with Crippen molar-refractivity contribution in [2.24, 2.45) is 11.8 Å². The molecule has 0 aromatic heterocycles. The minimum atomic E-state index is 0.884. The van der Waals surface area contributed by atoms with E-state index in [-0.39, 0.29) is 0 Å². The van der Waals surface area contributed by atoms with Crippen LogP contribution in [0.25, 0.3) is 0 Å². The van der Waals surface area contributed by atoms with Crippen molar-refractivity contribution < 1.29 is 0 Å². The minimum Gasteiger partial charge on any atom is -0.0654 e. The molecule has 0 spiro atoms. The second-order valence-corrected chi connectivity index (χ2v) is 6.99. The summed E-state index contributed by atoms with van der Waals surface area (Å²) in [6.45, 7) is 9.33. The molecule has 0 aliphatic carbocycles. The highest BCUT2D eigenvalue weighted by molar-refractivity contribution is 4.78. The summed E-state index contributed by atoms with van der Waals surface area (Å²) in [6, 6.07) is 0. The third-order valence-electron chi connectivity index (χ3n) is 4.90. The van der Waals surface area contributed by atoms with Crippen molar-refractivity contribution in [1.82, 2.24) is 0 Å². The van der Waals surface area contributed by atoms with Crippen LogP contribution >= 0.6 is 0 Å². The van der Waals surface area contributed by atoms with Gasteiger partial charge in [-0.2, -0.15) is 0 Å². The fraction of sp³-hybridized carbons (Fsp3) is 0.952. The van der Waals surface area contributed by atoms with E-state index in [9.17, 15) is 0 Å². The third kappa shape index (κ3) is 13.4. The van der Waals surface area contributed by atoms with E-state index in [1.54, 1.807) is 0 Å². The second-order valence-electron chi connectivity index (χ2n) is 6.99. The third-order valence-corrected chi connectivity index (χ3v) is 4.90. The summed E-state index contributed by atoms with van der Waals surface area (Å²) in [5.41, 5.74) is 0. The van der Waals surface area contributed by atoms with Gasteiger partial charge in [0, 0.05) is 0 Å². The van der Waals surface area contributed by atoms with Crippen LogP contribution in [0.2, 0.25) is 0 Å². The predicted molar refractivity (Wildman–Crippen MR) is 98.6 cm³/mol. The Morgan fingerprint density at radius 3 is 1.90 bits per heavy atom. The smallest absolute Gasteiger partial charge is 0.0355 e. The molecule has 0 rings (SSSR count). The molecule has 0 amide bonds. The lowest BCUT2D eigenvalue weighted by molar-refractivity contribution is 0.329. The molecular formula is C21H43. The van der Waals surface area contributed by atoms with Gasteiger partial charge in [0.05, 0.1) is 0 Å². The molecule has 0 nitrogen and oxygen atoms in total. The van der Waals surface area contributed by atoms with E-state index < -0.39 is 0 Å². The average molecular weight is 296 g/mol. The number of hydrogen-bond donors (Lipinski definition) is 0. The summed E-state index contributed by atoms with van der Waals surface area (Å²) in [7, 11) is 0. The Balaban J connectivity index is 4.00. The summed E-state index contributed by atoms with van der Waals surface area (Å²) >= 11 is 0. The van der Waals surface area contributed by atoms with E-state index in [1.807, 2.05) is 0 Å². The van der Waals surface area contributed by atoms with Crippen LogP contribution in [0.1, 0.15) is 118 Å². The molecule has 21 heavy (non-hydrogen) atoms. The van der Waals surface area contributed by atoms with Crippen molar-refractivity contribution in [2.45, 2.75) is 118 Å². The highest BCUT2D eigenvalue weighted by Crippen LogP contribution is 2.28. The molecule has 0 aromatic carbocycles. The van der Waals surface area contributed by atoms with Crippen LogP contribution in [0.3, 0.4) is 0 Å². The molecule has 0 aromatic rings. The molecule has 1 radical (unpaired) electrons. The van der Waals surface area contributed by atoms with Gasteiger partial charge < -0.3 is 0 Å². The Morgan fingerprint density at radius 1 is 0.667 bits per heavy atom. The lowest BCUT2D eigenvalue weighted by Gasteiger charge is -2.23. The van der Waals surface area contributed by atoms with E-state index in [0.29, 0.717) is 0 Å². The van der Waals surface area contributed by atoms with E-state index >= 15 is 0 Å². The van der Waals surface area contributed by atoms with Crippen molar-refractivity contribution >= 4 is 0 Å². The molecule has 0 aliphatic heterocycles. The van der Waals surface area contributed by atoms with Crippen molar-refractivity contribution in [3.63, 3.8) is 0 Å². The molecule has 2 unspecified atom stereocenters. The first kappa shape index (κ1) is 21.0. The van der Waals surface area contributed by atoms with Gasteiger partial charge in [0.2, 0.25) is 0 Å². The van der Waals surface area contributed by atoms with E-state index in [1.165, 1.54) is 89.9 Å². The predicted octanol–water partition coefficient (Wildman–Crippen LogP) is 7.96. The monoisotopic (exact) mass is 295 g/mol. The lowest BCUT2D eigenvalue weighted by Crippen LogP contribution is -2.10. The molecule has 0 heterocycles. The average Bonchev–Trinajstić information content (AvgIpc) is 2.51. The fourth-order valence-electron chi connectivity index (χ4n) is 3.34. The first-order chi connectivity index (χ1) is 10.3. The van der Waals surface area contributed by atoms with E-state index in [0.717, 1.165) is 11.8 Å². The molecule has 0 saturated heterocycles. The Hall–Kier alpha value is 0. The summed E-state index contributed by atoms with van der Waals surface area (Å²) in [5.74, 6) is 1.88. The van der Waals surface area contributed by atoms with Crippen molar-refractivity contribution in [3.8, 4) is 0 Å². The van der Waals surface area contributed by atoms with E-state index in [4.69, 9.17) is 0 Å². The quantitative estimate of drug-likeness (QED) is 0.253. The Bertz CT molecular complexity index is 184. The zero-order valence-corrected chi connectivity index (χ0v) is 15.6. The highest BCUT2D eigenvalue weighted by atomic mass is 14.2. The normalized spacial score (nSPS) is 14.3. The molecule has 0 heteroatoms. The van der Waals surface area contributed by atoms with Crippen LogP contribution in [-0.4, -0.2) is 0 Å². The van der Waals surface area contributed by atoms with E-state index in [2.05, 4.69) is 34.1 Å². The minimum absolute atomic E-state index is 0.884. The summed E-state index contributed by atoms with van der Waals surface area (Å²) < 4.78 is 0. The largest absolute Gasteiger partial charge is 0.0654 e. The van der Waals surface area contributed by atoms with Crippen LogP contribution in [-0.2, 0) is 0 Å². The number of hydrogen-bond acceptors (Lipinski definition) is 0. The second kappa shape index (κ2) is 16.4. The van der Waals surface area contributed by atoms with Gasteiger partial charge in [-0.25, -0.2) is 0 Å². The van der Waals surface area contributed by atoms with Crippen LogP contribution in [0, 0.1) is 18.3 Å². The van der Waals surface area contributed by atoms with Gasteiger partial charge in [-0.1, -0.05) is 105 Å². The van der Waals surface area contributed by atoms with Gasteiger partial charge >= 0.3 is 0 Å². The molecule has 0 saturated carbocycles. The molecule has 0 bridgehead atoms. The maximum Gasteiger partial charge on any atom is -0.0355 e. The molecular weight excluding hydrogens is 252 g/mol. The Kier molecular flexibility index (Phi) is 16.4. The molecule has 0 aliphatic rings. The molecule has 2 atom stereocenters. The zero-order chi connectivity index (χ0) is 15.8. The summed E-state index contributed by atoms with van der Waals surface area (Å²) in [4.78, 5) is 0. The highest BCUT2D eigenvalue weighted by Gasteiger charge is 2.15. The first-order valence-corrected chi connectivity index (χ1v) is 10.1. The van der Waals surface area contributed by atoms with Crippen molar-refractivity contribution in [1.29, 1.82) is 0 Å². The van der Waals surface area contributed by atoms with Gasteiger partial charge in [0.1, 0.15) is 0 Å². The van der Waals surface area contributed by atoms with Gasteiger partial charge in [-0.05, 0) is 31.1 Å². The maximum atomic E-state index is 2.65. The van der Waals surface area contributed by atoms with Crippen LogP contribution < -0.4 is 0 Å². The standard InChI is InChI=1S/C21H43/c1-5-9-12-14-17-20(8-4)19-21(16-11-7-3)18-15-13-10-6-2/h17,20-21H,5-16,18-19H2,1-4H3. The van der Waals surface area contributed by atoms with Crippen molar-refractivity contribution in [2.75, 3.05) is 0 Å². The lowest BCUT2D eigenvalue weighted by atomic mass is 9.83. The number of rotatable bonds is 16. The topological polar surface area (TPSA) is 0 Å². The Labute approximate surface area is 136 Å². The van der Waals surface area contributed by atoms with Gasteiger partial charge in [0.15, 0.2) is 0 Å². The molecule has 0 N–H and O–H groups in total. The molecule has 0 fully saturated rings. The fourth-order valence-corrected chi connectivity index (χ4v) is 3.34. The van der Waals surface area contributed by atoms with Crippen LogP contribution in [0.4, 0.5) is 0 Å². The van der Waals surface area contributed by atoms with Gasteiger partial charge in [-0.15, -0.1) is 0 Å². The zero-order valence-electron chi connectivity index (χ0n) is 15.6. The first-order valence-electron chi connectivity index (χ1n) is 10.1. The van der Waals surface area contributed by atoms with Crippen LogP contribution in [0.15, 0.2) is 0 Å². The molecule has 127 valence electrons. The summed E-state index contributed by atoms with van der Waals surface area (Å²) in [6.07, 6.45) is 22.5. The van der Waals surface area contributed by atoms with Gasteiger partial charge in [0.25, 0.3) is 0 Å². The maximum absolute atomic E-state index is 2.65. The summed E-state index contributed by atoms with van der Waals surface area (Å²) in [5, 5.41) is 0. The van der Waals surface area contributed by atoms with Gasteiger partial charge in [-0.3, -0.25) is 0 Å². The SMILES string of the molecule is CCCCC[CH]C(CC)CC(CCCC)CCCCCC. The number of unbranched alkanes of at least 4 members (excludes halogenated alkanes) is 7.